The number of Topliss-reactive ketones (excluding diaryl/α,β-unsaturated/α-hetero) is 1. The maximum Gasteiger partial charge on any atom is 0.218 e. The molecule has 1 heterocycles. The molecule has 0 bridgehead atoms. The molecule has 138 valence electrons. The Morgan fingerprint density at radius 2 is 1.54 bits per heavy atom. The molecule has 2 aromatic rings. The summed E-state index contributed by atoms with van der Waals surface area (Å²) in [7, 11) is -3.33. The molecule has 1 fully saturated rings. The van der Waals surface area contributed by atoms with Gasteiger partial charge in [-0.25, -0.2) is 8.42 Å². The molecule has 0 amide bonds. The van der Waals surface area contributed by atoms with E-state index in [4.69, 9.17) is 0 Å². The van der Waals surface area contributed by atoms with Gasteiger partial charge in [0.2, 0.25) is 10.0 Å². The molecule has 1 aliphatic heterocycles. The molecule has 5 nitrogen and oxygen atoms in total. The van der Waals surface area contributed by atoms with Crippen LogP contribution >= 0.6 is 0 Å². The minimum atomic E-state index is -3.33. The van der Waals surface area contributed by atoms with Crippen molar-refractivity contribution in [2.75, 3.05) is 32.7 Å². The third-order valence-corrected chi connectivity index (χ3v) is 6.51. The smallest absolute Gasteiger partial charge is 0.218 e. The van der Waals surface area contributed by atoms with Crippen LogP contribution in [-0.2, 0) is 15.8 Å². The minimum absolute atomic E-state index is 0.0240. The van der Waals surface area contributed by atoms with Gasteiger partial charge in [0.25, 0.3) is 0 Å². The summed E-state index contributed by atoms with van der Waals surface area (Å²) in [5.74, 6) is 0.0949. The van der Waals surface area contributed by atoms with E-state index < -0.39 is 10.0 Å². The van der Waals surface area contributed by atoms with Crippen LogP contribution in [-0.4, -0.2) is 56.1 Å². The van der Waals surface area contributed by atoms with Crippen LogP contribution in [0.5, 0.6) is 0 Å². The molecule has 1 saturated heterocycles. The van der Waals surface area contributed by atoms with Gasteiger partial charge in [-0.15, -0.1) is 0 Å². The average molecular weight is 372 g/mol. The second-order valence-electron chi connectivity index (χ2n) is 6.71. The Morgan fingerprint density at radius 1 is 0.923 bits per heavy atom. The van der Waals surface area contributed by atoms with Crippen molar-refractivity contribution >= 4 is 15.8 Å². The van der Waals surface area contributed by atoms with Gasteiger partial charge >= 0.3 is 0 Å². The number of aryl methyl sites for hydroxylation is 1. The number of sulfonamides is 1. The summed E-state index contributed by atoms with van der Waals surface area (Å²) in [4.78, 5) is 14.3. The first-order chi connectivity index (χ1) is 12.4. The maximum absolute atomic E-state index is 12.6. The quantitative estimate of drug-likeness (QED) is 0.731. The number of piperazine rings is 1. The Morgan fingerprint density at radius 3 is 2.15 bits per heavy atom. The zero-order chi connectivity index (χ0) is 18.6. The Hall–Kier alpha value is -2.02. The average Bonchev–Trinajstić information content (AvgIpc) is 2.64. The Kier molecular flexibility index (Phi) is 5.86. The number of hydrogen-bond acceptors (Lipinski definition) is 4. The van der Waals surface area contributed by atoms with Crippen LogP contribution in [0.1, 0.15) is 21.5 Å². The number of hydrogen-bond donors (Lipinski definition) is 0. The highest BCUT2D eigenvalue weighted by Crippen LogP contribution is 2.15. The van der Waals surface area contributed by atoms with Crippen molar-refractivity contribution in [3.05, 3.63) is 71.3 Å². The van der Waals surface area contributed by atoms with E-state index in [2.05, 4.69) is 0 Å². The third kappa shape index (κ3) is 4.78. The van der Waals surface area contributed by atoms with Gasteiger partial charge < -0.3 is 0 Å². The van der Waals surface area contributed by atoms with E-state index in [1.54, 1.807) is 0 Å². The fourth-order valence-corrected chi connectivity index (χ4v) is 4.59. The fraction of sp³-hybridized carbons (Fsp3) is 0.350. The normalized spacial score (nSPS) is 16.5. The Labute approximate surface area is 155 Å². The lowest BCUT2D eigenvalue weighted by atomic mass is 10.1. The predicted octanol–water partition coefficient (Wildman–Crippen LogP) is 2.33. The first-order valence-corrected chi connectivity index (χ1v) is 10.4. The summed E-state index contributed by atoms with van der Waals surface area (Å²) in [5.41, 5.74) is 2.61. The third-order valence-electron chi connectivity index (χ3n) is 4.66. The van der Waals surface area contributed by atoms with Crippen molar-refractivity contribution in [2.45, 2.75) is 12.7 Å². The predicted molar refractivity (Wildman–Crippen MR) is 103 cm³/mol. The highest BCUT2D eigenvalue weighted by Gasteiger charge is 2.27. The Balaban J connectivity index is 1.54. The van der Waals surface area contributed by atoms with E-state index in [1.807, 2.05) is 66.4 Å². The molecule has 1 aliphatic rings. The highest BCUT2D eigenvalue weighted by molar-refractivity contribution is 7.88. The summed E-state index contributed by atoms with van der Waals surface area (Å²) in [6.07, 6.45) is 0. The summed E-state index contributed by atoms with van der Waals surface area (Å²) in [5, 5.41) is 0. The van der Waals surface area contributed by atoms with E-state index in [0.717, 1.165) is 11.1 Å². The summed E-state index contributed by atoms with van der Waals surface area (Å²) in [6.45, 7) is 4.31. The van der Waals surface area contributed by atoms with Gasteiger partial charge in [-0.3, -0.25) is 9.69 Å². The van der Waals surface area contributed by atoms with Crippen molar-refractivity contribution in [2.24, 2.45) is 0 Å². The molecular formula is C20H24N2O3S. The number of carbonyl (C=O) groups excluding carboxylic acids is 1. The van der Waals surface area contributed by atoms with Crippen LogP contribution in [0.4, 0.5) is 0 Å². The van der Waals surface area contributed by atoms with Gasteiger partial charge in [-0.1, -0.05) is 60.2 Å². The lowest BCUT2D eigenvalue weighted by Crippen LogP contribution is -2.50. The van der Waals surface area contributed by atoms with Crippen LogP contribution < -0.4 is 0 Å². The molecule has 0 aliphatic carbocycles. The first kappa shape index (κ1) is 18.8. The van der Waals surface area contributed by atoms with Gasteiger partial charge in [0.05, 0.1) is 12.3 Å². The lowest BCUT2D eigenvalue weighted by Gasteiger charge is -2.33. The number of nitrogens with zero attached hydrogens (tertiary/aromatic N) is 2. The van der Waals surface area contributed by atoms with Crippen molar-refractivity contribution < 1.29 is 13.2 Å². The highest BCUT2D eigenvalue weighted by atomic mass is 32.2. The van der Waals surface area contributed by atoms with Crippen LogP contribution in [0.2, 0.25) is 0 Å². The molecule has 0 atom stereocenters. The summed E-state index contributed by atoms with van der Waals surface area (Å²) < 4.78 is 26.8. The number of rotatable bonds is 6. The topological polar surface area (TPSA) is 57.7 Å². The molecule has 0 spiro atoms. The molecule has 0 radical (unpaired) electrons. The van der Waals surface area contributed by atoms with E-state index in [9.17, 15) is 13.2 Å². The van der Waals surface area contributed by atoms with E-state index in [-0.39, 0.29) is 11.5 Å². The maximum atomic E-state index is 12.6. The molecule has 3 rings (SSSR count). The Bertz CT molecular complexity index is 840. The number of carbonyl (C=O) groups is 1. The molecule has 0 N–H and O–H groups in total. The van der Waals surface area contributed by atoms with Crippen molar-refractivity contribution in [3.8, 4) is 0 Å². The minimum Gasteiger partial charge on any atom is -0.293 e. The van der Waals surface area contributed by atoms with Gasteiger partial charge in [-0.05, 0) is 12.5 Å². The molecule has 2 aromatic carbocycles. The SMILES string of the molecule is Cc1ccc(CS(=O)(=O)N2CCN(CC(=O)c3ccccc3)CC2)cc1. The van der Waals surface area contributed by atoms with Crippen molar-refractivity contribution in [1.82, 2.24) is 9.21 Å². The van der Waals surface area contributed by atoms with E-state index in [0.29, 0.717) is 38.3 Å². The second-order valence-corrected chi connectivity index (χ2v) is 8.68. The van der Waals surface area contributed by atoms with Gasteiger partial charge in [0.15, 0.2) is 5.78 Å². The number of ketones is 1. The van der Waals surface area contributed by atoms with Gasteiger partial charge in [-0.2, -0.15) is 4.31 Å². The number of benzene rings is 2. The molecular weight excluding hydrogens is 348 g/mol. The van der Waals surface area contributed by atoms with Crippen molar-refractivity contribution in [3.63, 3.8) is 0 Å². The zero-order valence-corrected chi connectivity index (χ0v) is 15.8. The van der Waals surface area contributed by atoms with Gasteiger partial charge in [0.1, 0.15) is 0 Å². The van der Waals surface area contributed by atoms with E-state index >= 15 is 0 Å². The molecule has 26 heavy (non-hydrogen) atoms. The summed E-state index contributed by atoms with van der Waals surface area (Å²) >= 11 is 0. The largest absolute Gasteiger partial charge is 0.293 e. The van der Waals surface area contributed by atoms with Crippen LogP contribution in [0, 0.1) is 6.92 Å². The second kappa shape index (κ2) is 8.12. The van der Waals surface area contributed by atoms with Crippen LogP contribution in [0.25, 0.3) is 0 Å². The van der Waals surface area contributed by atoms with E-state index in [1.165, 1.54) is 4.31 Å². The fourth-order valence-electron chi connectivity index (χ4n) is 3.07. The molecule has 6 heteroatoms. The summed E-state index contributed by atoms with van der Waals surface area (Å²) in [6, 6.07) is 16.8. The van der Waals surface area contributed by atoms with Crippen molar-refractivity contribution in [1.29, 1.82) is 0 Å². The molecule has 0 saturated carbocycles. The standard InChI is InChI=1S/C20H24N2O3S/c1-17-7-9-18(10-8-17)16-26(24,25)22-13-11-21(12-14-22)15-20(23)19-5-3-2-4-6-19/h2-10H,11-16H2,1H3. The zero-order valence-electron chi connectivity index (χ0n) is 15.0. The molecule has 0 aromatic heterocycles. The molecule has 0 unspecified atom stereocenters. The van der Waals surface area contributed by atoms with Crippen LogP contribution in [0.15, 0.2) is 54.6 Å². The lowest BCUT2D eigenvalue weighted by molar-refractivity contribution is 0.0901. The van der Waals surface area contributed by atoms with Crippen LogP contribution in [0.3, 0.4) is 0 Å². The monoisotopic (exact) mass is 372 g/mol. The van der Waals surface area contributed by atoms with Gasteiger partial charge in [0, 0.05) is 31.7 Å². The first-order valence-electron chi connectivity index (χ1n) is 8.78.